The van der Waals surface area contributed by atoms with Gasteiger partial charge in [-0.15, -0.1) is 0 Å². The summed E-state index contributed by atoms with van der Waals surface area (Å²) in [4.78, 5) is 16.3. The lowest BCUT2D eigenvalue weighted by Crippen LogP contribution is -2.09. The normalized spacial score (nSPS) is 10.9. The second-order valence-corrected chi connectivity index (χ2v) is 4.81. The van der Waals surface area contributed by atoms with Gasteiger partial charge in [0, 0.05) is 36.8 Å². The van der Waals surface area contributed by atoms with Crippen LogP contribution in [0.25, 0.3) is 0 Å². The first-order chi connectivity index (χ1) is 9.08. The van der Waals surface area contributed by atoms with E-state index in [4.69, 9.17) is 0 Å². The number of ketones is 1. The fraction of sp³-hybridized carbons (Fsp3) is 0.333. The number of carbonyl (C=O) groups is 1. The Kier molecular flexibility index (Phi) is 4.10. The third-order valence-corrected chi connectivity index (χ3v) is 3.01. The molecule has 1 aromatic carbocycles. The van der Waals surface area contributed by atoms with Gasteiger partial charge in [0.1, 0.15) is 11.6 Å². The van der Waals surface area contributed by atoms with Crippen molar-refractivity contribution in [3.63, 3.8) is 0 Å². The van der Waals surface area contributed by atoms with Crippen LogP contribution in [-0.4, -0.2) is 15.3 Å². The van der Waals surface area contributed by atoms with Crippen molar-refractivity contribution in [2.45, 2.75) is 32.7 Å². The standard InChI is InChI=1S/C15H17FN2O/c1-11(2)15-17-8-10-18(15)9-7-14(19)12-3-5-13(16)6-4-12/h3-6,8,10-11H,7,9H2,1-2H3. The van der Waals surface area contributed by atoms with Gasteiger partial charge in [0.25, 0.3) is 0 Å². The largest absolute Gasteiger partial charge is 0.334 e. The van der Waals surface area contributed by atoms with E-state index in [1.807, 2.05) is 10.8 Å². The summed E-state index contributed by atoms with van der Waals surface area (Å²) in [7, 11) is 0. The molecular formula is C15H17FN2O. The van der Waals surface area contributed by atoms with Crippen molar-refractivity contribution in [1.82, 2.24) is 9.55 Å². The van der Waals surface area contributed by atoms with Gasteiger partial charge in [-0.2, -0.15) is 0 Å². The van der Waals surface area contributed by atoms with Gasteiger partial charge in [0.05, 0.1) is 0 Å². The fourth-order valence-electron chi connectivity index (χ4n) is 2.01. The number of hydrogen-bond acceptors (Lipinski definition) is 2. The average Bonchev–Trinajstić information content (AvgIpc) is 2.85. The number of aromatic nitrogens is 2. The first kappa shape index (κ1) is 13.5. The van der Waals surface area contributed by atoms with Gasteiger partial charge in [0.2, 0.25) is 0 Å². The molecule has 0 atom stereocenters. The predicted molar refractivity (Wildman–Crippen MR) is 71.7 cm³/mol. The minimum Gasteiger partial charge on any atom is -0.334 e. The van der Waals surface area contributed by atoms with Crippen molar-refractivity contribution in [2.24, 2.45) is 0 Å². The molecule has 1 aromatic heterocycles. The molecule has 0 radical (unpaired) electrons. The number of benzene rings is 1. The summed E-state index contributed by atoms with van der Waals surface area (Å²) in [5.74, 6) is 1.000. The molecule has 0 N–H and O–H groups in total. The van der Waals surface area contributed by atoms with Crippen LogP contribution >= 0.6 is 0 Å². The van der Waals surface area contributed by atoms with Gasteiger partial charge < -0.3 is 4.57 Å². The van der Waals surface area contributed by atoms with Crippen molar-refractivity contribution < 1.29 is 9.18 Å². The average molecular weight is 260 g/mol. The van der Waals surface area contributed by atoms with Crippen LogP contribution in [0.5, 0.6) is 0 Å². The molecule has 2 aromatic rings. The predicted octanol–water partition coefficient (Wildman–Crippen LogP) is 3.42. The number of hydrogen-bond donors (Lipinski definition) is 0. The molecule has 100 valence electrons. The number of aryl methyl sites for hydroxylation is 1. The Morgan fingerprint density at radius 2 is 2.00 bits per heavy atom. The smallest absolute Gasteiger partial charge is 0.164 e. The molecule has 0 amide bonds. The number of Topliss-reactive ketones (excluding diaryl/α,β-unsaturated/α-hetero) is 1. The molecule has 0 aliphatic carbocycles. The fourth-order valence-corrected chi connectivity index (χ4v) is 2.01. The SMILES string of the molecule is CC(C)c1nccn1CCC(=O)c1ccc(F)cc1. The number of halogens is 1. The molecule has 0 bridgehead atoms. The van der Waals surface area contributed by atoms with E-state index in [-0.39, 0.29) is 11.6 Å². The number of rotatable bonds is 5. The monoisotopic (exact) mass is 260 g/mol. The zero-order chi connectivity index (χ0) is 13.8. The summed E-state index contributed by atoms with van der Waals surface area (Å²) >= 11 is 0. The van der Waals surface area contributed by atoms with Crippen LogP contribution in [0.15, 0.2) is 36.7 Å². The molecule has 0 spiro atoms. The molecule has 0 unspecified atom stereocenters. The molecule has 2 rings (SSSR count). The van der Waals surface area contributed by atoms with E-state index in [2.05, 4.69) is 18.8 Å². The summed E-state index contributed by atoms with van der Waals surface area (Å²) in [5, 5.41) is 0. The van der Waals surface area contributed by atoms with E-state index in [1.165, 1.54) is 24.3 Å². The molecule has 0 saturated heterocycles. The number of nitrogens with zero attached hydrogens (tertiary/aromatic N) is 2. The number of carbonyl (C=O) groups excluding carboxylic acids is 1. The van der Waals surface area contributed by atoms with Crippen LogP contribution in [0.4, 0.5) is 4.39 Å². The maximum absolute atomic E-state index is 12.8. The molecule has 19 heavy (non-hydrogen) atoms. The zero-order valence-corrected chi connectivity index (χ0v) is 11.1. The first-order valence-electron chi connectivity index (χ1n) is 6.37. The molecule has 0 aliphatic heterocycles. The highest BCUT2D eigenvalue weighted by molar-refractivity contribution is 5.95. The third kappa shape index (κ3) is 3.28. The highest BCUT2D eigenvalue weighted by Crippen LogP contribution is 2.13. The summed E-state index contributed by atoms with van der Waals surface area (Å²) in [6, 6.07) is 5.66. The quantitative estimate of drug-likeness (QED) is 0.772. The van der Waals surface area contributed by atoms with Crippen LogP contribution in [0, 0.1) is 5.82 Å². The summed E-state index contributed by atoms with van der Waals surface area (Å²) in [6.45, 7) is 4.74. The Balaban J connectivity index is 2.00. The van der Waals surface area contributed by atoms with Crippen LogP contribution in [0.1, 0.15) is 42.4 Å². The zero-order valence-electron chi connectivity index (χ0n) is 11.1. The molecule has 1 heterocycles. The summed E-state index contributed by atoms with van der Waals surface area (Å²) in [6.07, 6.45) is 4.02. The minimum absolute atomic E-state index is 0.0170. The van der Waals surface area contributed by atoms with Crippen LogP contribution in [0.3, 0.4) is 0 Å². The lowest BCUT2D eigenvalue weighted by molar-refractivity contribution is 0.0976. The van der Waals surface area contributed by atoms with E-state index in [1.54, 1.807) is 6.20 Å². The highest BCUT2D eigenvalue weighted by atomic mass is 19.1. The second-order valence-electron chi connectivity index (χ2n) is 4.81. The van der Waals surface area contributed by atoms with Crippen LogP contribution in [0.2, 0.25) is 0 Å². The number of imidazole rings is 1. The van der Waals surface area contributed by atoms with Crippen molar-refractivity contribution in [2.75, 3.05) is 0 Å². The van der Waals surface area contributed by atoms with E-state index >= 15 is 0 Å². The van der Waals surface area contributed by atoms with Gasteiger partial charge in [-0.25, -0.2) is 9.37 Å². The lowest BCUT2D eigenvalue weighted by atomic mass is 10.1. The highest BCUT2D eigenvalue weighted by Gasteiger charge is 2.10. The van der Waals surface area contributed by atoms with Gasteiger partial charge in [-0.1, -0.05) is 13.8 Å². The first-order valence-corrected chi connectivity index (χ1v) is 6.37. The topological polar surface area (TPSA) is 34.9 Å². The minimum atomic E-state index is -0.326. The lowest BCUT2D eigenvalue weighted by Gasteiger charge is -2.09. The Morgan fingerprint density at radius 3 is 2.63 bits per heavy atom. The van der Waals surface area contributed by atoms with Crippen LogP contribution in [-0.2, 0) is 6.54 Å². The van der Waals surface area contributed by atoms with Crippen molar-refractivity contribution in [3.8, 4) is 0 Å². The van der Waals surface area contributed by atoms with Crippen LogP contribution < -0.4 is 0 Å². The molecule has 0 aliphatic rings. The van der Waals surface area contributed by atoms with E-state index in [0.717, 1.165) is 5.82 Å². The Hall–Kier alpha value is -1.97. The van der Waals surface area contributed by atoms with Gasteiger partial charge >= 0.3 is 0 Å². The van der Waals surface area contributed by atoms with Crippen molar-refractivity contribution in [1.29, 1.82) is 0 Å². The van der Waals surface area contributed by atoms with E-state index in [9.17, 15) is 9.18 Å². The molecule has 4 heteroatoms. The molecule has 0 saturated carbocycles. The van der Waals surface area contributed by atoms with Crippen molar-refractivity contribution >= 4 is 5.78 Å². The maximum Gasteiger partial charge on any atom is 0.164 e. The van der Waals surface area contributed by atoms with Gasteiger partial charge in [0.15, 0.2) is 5.78 Å². The van der Waals surface area contributed by atoms with E-state index < -0.39 is 0 Å². The third-order valence-electron chi connectivity index (χ3n) is 3.01. The second kappa shape index (κ2) is 5.78. The summed E-state index contributed by atoms with van der Waals surface area (Å²) < 4.78 is 14.8. The molecular weight excluding hydrogens is 243 g/mol. The van der Waals surface area contributed by atoms with E-state index in [0.29, 0.717) is 24.4 Å². The van der Waals surface area contributed by atoms with Crippen molar-refractivity contribution in [3.05, 3.63) is 53.9 Å². The molecule has 3 nitrogen and oxygen atoms in total. The maximum atomic E-state index is 12.8. The van der Waals surface area contributed by atoms with Gasteiger partial charge in [-0.05, 0) is 24.3 Å². The summed E-state index contributed by atoms with van der Waals surface area (Å²) in [5.41, 5.74) is 0.549. The van der Waals surface area contributed by atoms with Gasteiger partial charge in [-0.3, -0.25) is 4.79 Å². The Labute approximate surface area is 112 Å². The Morgan fingerprint density at radius 1 is 1.32 bits per heavy atom. The molecule has 0 fully saturated rings. The Bertz CT molecular complexity index is 558.